The highest BCUT2D eigenvalue weighted by Crippen LogP contribution is 2.36. The Hall–Kier alpha value is -3.28. The summed E-state index contributed by atoms with van der Waals surface area (Å²) >= 11 is 10.1. The highest BCUT2D eigenvalue weighted by atomic mass is 79.9. The van der Waals surface area contributed by atoms with Crippen molar-refractivity contribution in [3.8, 4) is 5.75 Å². The Morgan fingerprint density at radius 3 is 2.22 bits per heavy atom. The van der Waals surface area contributed by atoms with Crippen molar-refractivity contribution in [2.45, 2.75) is 6.92 Å². The van der Waals surface area contributed by atoms with Crippen molar-refractivity contribution < 1.29 is 23.9 Å². The zero-order chi connectivity index (χ0) is 26.7. The highest BCUT2D eigenvalue weighted by molar-refractivity contribution is 9.11. The van der Waals surface area contributed by atoms with Gasteiger partial charge in [-0.3, -0.25) is 19.7 Å². The number of amides is 5. The maximum absolute atomic E-state index is 13.1. The van der Waals surface area contributed by atoms with Crippen molar-refractivity contribution >= 4 is 89.0 Å². The lowest BCUT2D eigenvalue weighted by atomic mass is 10.1. The number of aryl methyl sites for hydroxylation is 1. The third kappa shape index (κ3) is 6.35. The van der Waals surface area contributed by atoms with Crippen LogP contribution in [0.15, 0.2) is 79.7 Å². The van der Waals surface area contributed by atoms with Crippen molar-refractivity contribution in [2.75, 3.05) is 16.8 Å². The molecule has 1 fully saturated rings. The first-order valence-electron chi connectivity index (χ1n) is 10.8. The van der Waals surface area contributed by atoms with Gasteiger partial charge in [-0.2, -0.15) is 0 Å². The largest absolute Gasteiger partial charge is 0.481 e. The van der Waals surface area contributed by atoms with Crippen LogP contribution in [0.2, 0.25) is 0 Å². The Morgan fingerprint density at radius 2 is 1.59 bits per heavy atom. The average molecular weight is 692 g/mol. The first-order valence-corrected chi connectivity index (χ1v) is 13.2. The van der Waals surface area contributed by atoms with Crippen LogP contribution in [0.25, 0.3) is 6.08 Å². The third-order valence-electron chi connectivity index (χ3n) is 5.20. The summed E-state index contributed by atoms with van der Waals surface area (Å²) in [5, 5.41) is 4.95. The van der Waals surface area contributed by atoms with Gasteiger partial charge in [0.2, 0.25) is 0 Å². The smallest absolute Gasteiger partial charge is 0.335 e. The number of ether oxygens (including phenoxy) is 1. The molecule has 37 heavy (non-hydrogen) atoms. The van der Waals surface area contributed by atoms with Crippen LogP contribution < -0.4 is 20.3 Å². The summed E-state index contributed by atoms with van der Waals surface area (Å²) in [5.41, 5.74) is 2.33. The summed E-state index contributed by atoms with van der Waals surface area (Å²) in [7, 11) is 0. The van der Waals surface area contributed by atoms with Gasteiger partial charge in [0.05, 0.1) is 14.6 Å². The second-order valence-corrected chi connectivity index (χ2v) is 10.6. The second kappa shape index (κ2) is 11.4. The lowest BCUT2D eigenvalue weighted by molar-refractivity contribution is -0.122. The molecule has 1 saturated heterocycles. The van der Waals surface area contributed by atoms with Crippen LogP contribution in [0.3, 0.4) is 0 Å². The summed E-state index contributed by atoms with van der Waals surface area (Å²) < 4.78 is 7.43. The summed E-state index contributed by atoms with van der Waals surface area (Å²) in [5.74, 6) is -1.52. The molecule has 3 aromatic rings. The van der Waals surface area contributed by atoms with Crippen LogP contribution >= 0.6 is 47.8 Å². The van der Waals surface area contributed by atoms with Gasteiger partial charge >= 0.3 is 6.03 Å². The molecule has 0 unspecified atom stereocenters. The summed E-state index contributed by atoms with van der Waals surface area (Å²) in [6.07, 6.45) is 1.37. The van der Waals surface area contributed by atoms with Crippen LogP contribution in [0.5, 0.6) is 5.75 Å². The van der Waals surface area contributed by atoms with E-state index in [1.54, 1.807) is 48.5 Å². The van der Waals surface area contributed by atoms with Crippen LogP contribution in [0, 0.1) is 6.92 Å². The van der Waals surface area contributed by atoms with Gasteiger partial charge in [-0.05, 0) is 99.0 Å². The number of hydrogen-bond donors (Lipinski definition) is 2. The lowest BCUT2D eigenvalue weighted by Crippen LogP contribution is -2.54. The lowest BCUT2D eigenvalue weighted by Gasteiger charge is -2.26. The Bertz CT molecular complexity index is 1410. The molecule has 188 valence electrons. The number of urea groups is 1. The number of carbonyl (C=O) groups is 4. The number of anilines is 2. The maximum Gasteiger partial charge on any atom is 0.335 e. The Labute approximate surface area is 237 Å². The second-order valence-electron chi connectivity index (χ2n) is 7.95. The molecule has 1 aliphatic rings. The van der Waals surface area contributed by atoms with Crippen LogP contribution in [-0.4, -0.2) is 30.4 Å². The van der Waals surface area contributed by atoms with E-state index in [2.05, 4.69) is 58.4 Å². The molecule has 11 heteroatoms. The molecule has 4 rings (SSSR count). The van der Waals surface area contributed by atoms with E-state index in [4.69, 9.17) is 4.74 Å². The van der Waals surface area contributed by atoms with Gasteiger partial charge < -0.3 is 10.1 Å². The topological polar surface area (TPSA) is 105 Å². The third-order valence-corrected chi connectivity index (χ3v) is 6.91. The van der Waals surface area contributed by atoms with E-state index in [0.29, 0.717) is 31.6 Å². The fraction of sp³-hybridized carbons (Fsp3) is 0.0769. The minimum Gasteiger partial charge on any atom is -0.481 e. The number of benzene rings is 3. The minimum absolute atomic E-state index is 0.215. The van der Waals surface area contributed by atoms with E-state index >= 15 is 0 Å². The molecule has 1 aliphatic heterocycles. The first-order chi connectivity index (χ1) is 17.6. The van der Waals surface area contributed by atoms with E-state index in [1.807, 2.05) is 19.1 Å². The summed E-state index contributed by atoms with van der Waals surface area (Å²) in [6.45, 7) is 1.72. The number of halogens is 3. The predicted octanol–water partition coefficient (Wildman–Crippen LogP) is 5.97. The summed E-state index contributed by atoms with van der Waals surface area (Å²) in [4.78, 5) is 51.1. The quantitative estimate of drug-likeness (QED) is 0.245. The fourth-order valence-electron chi connectivity index (χ4n) is 3.42. The standard InChI is InChI=1S/C26H18Br3N3O5/c1-14-2-6-17(7-3-14)30-22(33)13-37-23-20(28)11-15(12-21(23)29)10-19-24(34)31-26(36)32(25(19)35)18-8-4-16(27)5-9-18/h2-12H,13H2,1H3,(H,30,33)(H,31,34,36)/b19-10+. The molecular weight excluding hydrogens is 674 g/mol. The van der Waals surface area contributed by atoms with Crippen molar-refractivity contribution in [1.82, 2.24) is 5.32 Å². The van der Waals surface area contributed by atoms with Crippen LogP contribution in [0.1, 0.15) is 11.1 Å². The van der Waals surface area contributed by atoms with E-state index < -0.39 is 17.8 Å². The van der Waals surface area contributed by atoms with Crippen LogP contribution in [0.4, 0.5) is 16.2 Å². The zero-order valence-electron chi connectivity index (χ0n) is 19.2. The zero-order valence-corrected chi connectivity index (χ0v) is 23.9. The van der Waals surface area contributed by atoms with Crippen molar-refractivity contribution in [3.05, 3.63) is 90.8 Å². The normalized spacial score (nSPS) is 14.5. The van der Waals surface area contributed by atoms with Gasteiger partial charge in [0.25, 0.3) is 17.7 Å². The molecule has 0 aliphatic carbocycles. The molecule has 8 nitrogen and oxygen atoms in total. The SMILES string of the molecule is Cc1ccc(NC(=O)COc2c(Br)cc(/C=C3\C(=O)NC(=O)N(c4ccc(Br)cc4)C3=O)cc2Br)cc1. The maximum atomic E-state index is 13.1. The molecule has 0 radical (unpaired) electrons. The molecule has 3 aromatic carbocycles. The van der Waals surface area contributed by atoms with Gasteiger partial charge in [0.1, 0.15) is 11.3 Å². The van der Waals surface area contributed by atoms with E-state index in [0.717, 1.165) is 14.9 Å². The molecule has 0 saturated carbocycles. The fourth-order valence-corrected chi connectivity index (χ4v) is 5.14. The highest BCUT2D eigenvalue weighted by Gasteiger charge is 2.36. The number of barbiturate groups is 1. The van der Waals surface area contributed by atoms with Crippen molar-refractivity contribution in [2.24, 2.45) is 0 Å². The van der Waals surface area contributed by atoms with Crippen LogP contribution in [-0.2, 0) is 14.4 Å². The minimum atomic E-state index is -0.829. The average Bonchev–Trinajstić information content (AvgIpc) is 2.84. The molecule has 0 bridgehead atoms. The van der Waals surface area contributed by atoms with Gasteiger partial charge in [-0.15, -0.1) is 0 Å². The van der Waals surface area contributed by atoms with Crippen molar-refractivity contribution in [3.63, 3.8) is 0 Å². The molecule has 0 spiro atoms. The molecule has 0 atom stereocenters. The monoisotopic (exact) mass is 689 g/mol. The predicted molar refractivity (Wildman–Crippen MR) is 150 cm³/mol. The number of hydrogen-bond acceptors (Lipinski definition) is 5. The molecule has 5 amide bonds. The Morgan fingerprint density at radius 1 is 0.973 bits per heavy atom. The first kappa shape index (κ1) is 26.8. The molecule has 0 aromatic heterocycles. The number of nitrogens with one attached hydrogen (secondary N) is 2. The Balaban J connectivity index is 1.51. The molecule has 1 heterocycles. The van der Waals surface area contributed by atoms with E-state index in [-0.39, 0.29) is 18.1 Å². The van der Waals surface area contributed by atoms with E-state index in [9.17, 15) is 19.2 Å². The van der Waals surface area contributed by atoms with E-state index in [1.165, 1.54) is 6.08 Å². The molecular formula is C26H18Br3N3O5. The van der Waals surface area contributed by atoms with Gasteiger partial charge in [-0.1, -0.05) is 33.6 Å². The number of rotatable bonds is 6. The summed E-state index contributed by atoms with van der Waals surface area (Å²) in [6, 6.07) is 16.4. The molecule has 2 N–H and O–H groups in total. The number of imide groups is 2. The Kier molecular flexibility index (Phi) is 8.25. The number of nitrogens with zero attached hydrogens (tertiary/aromatic N) is 1. The van der Waals surface area contributed by atoms with Gasteiger partial charge in [0, 0.05) is 10.2 Å². The number of carbonyl (C=O) groups excluding carboxylic acids is 4. The van der Waals surface area contributed by atoms with Gasteiger partial charge in [-0.25, -0.2) is 9.69 Å². The van der Waals surface area contributed by atoms with Crippen molar-refractivity contribution in [1.29, 1.82) is 0 Å². The van der Waals surface area contributed by atoms with Gasteiger partial charge in [0.15, 0.2) is 6.61 Å².